The average molecular weight is 1070 g/mol. The molecule has 4 saturated heterocycles. The van der Waals surface area contributed by atoms with E-state index in [1.165, 1.54) is 47.6 Å². The third-order valence-electron chi connectivity index (χ3n) is 17.8. The Labute approximate surface area is 453 Å². The number of ketones is 2. The number of anilines is 2. The zero-order valence-corrected chi connectivity index (χ0v) is 46.2. The minimum atomic E-state index is -0.881. The molecule has 4 aliphatic heterocycles. The van der Waals surface area contributed by atoms with Crippen LogP contribution in [0.15, 0.2) is 36.4 Å². The lowest BCUT2D eigenvalue weighted by atomic mass is 9.92. The first-order valence-electron chi connectivity index (χ1n) is 28.1. The van der Waals surface area contributed by atoms with Crippen molar-refractivity contribution in [3.63, 3.8) is 0 Å². The molecule has 8 aliphatic rings. The first-order valence-corrected chi connectivity index (χ1v) is 28.8. The SMILES string of the molecule is CC(=O)CC1CCN(C(=O)c2nn(CCN3CCN(c4cccc(Cl)c4C)CC3)c3c2[C@@H]2C[C@@H]2C3)CC1.CC(=O)CC1CCNCC1.Cc1c(Cl)cccc1N1CCN(CCn2nc(C(=O)O)c3c2C[C@H]2C[C@@H]32)CC1. The zero-order valence-electron chi connectivity index (χ0n) is 44.7. The van der Waals surface area contributed by atoms with Crippen LogP contribution in [0.5, 0.6) is 0 Å². The molecule has 17 heteroatoms. The number of piperazine rings is 2. The summed E-state index contributed by atoms with van der Waals surface area (Å²) >= 11 is 12.6. The van der Waals surface area contributed by atoms with Gasteiger partial charge in [-0.2, -0.15) is 10.2 Å². The smallest absolute Gasteiger partial charge is 0.356 e. The minimum absolute atomic E-state index is 0.106. The zero-order chi connectivity index (χ0) is 52.5. The first kappa shape index (κ1) is 53.6. The van der Waals surface area contributed by atoms with E-state index >= 15 is 0 Å². The van der Waals surface area contributed by atoms with Crippen LogP contribution >= 0.6 is 23.2 Å². The monoisotopic (exact) mass is 1060 g/mol. The molecule has 15 nitrogen and oxygen atoms in total. The van der Waals surface area contributed by atoms with E-state index < -0.39 is 5.97 Å². The van der Waals surface area contributed by atoms with E-state index in [2.05, 4.69) is 60.7 Å². The second-order valence-corrected chi connectivity index (χ2v) is 23.8. The van der Waals surface area contributed by atoms with Gasteiger partial charge in [0.2, 0.25) is 0 Å². The number of benzene rings is 2. The van der Waals surface area contributed by atoms with Crippen molar-refractivity contribution in [3.8, 4) is 0 Å². The molecule has 0 spiro atoms. The van der Waals surface area contributed by atoms with Gasteiger partial charge in [0.15, 0.2) is 11.4 Å². The first-order chi connectivity index (χ1) is 36.2. The van der Waals surface area contributed by atoms with Crippen molar-refractivity contribution in [2.24, 2.45) is 23.7 Å². The maximum atomic E-state index is 13.6. The second kappa shape index (κ2) is 23.4. The molecule has 0 radical (unpaired) electrons. The number of aromatic carboxylic acids is 1. The molecular formula is C58H78Cl2N10O5. The van der Waals surface area contributed by atoms with Crippen LogP contribution in [-0.2, 0) is 35.5 Å². The van der Waals surface area contributed by atoms with Crippen molar-refractivity contribution in [1.29, 1.82) is 0 Å². The number of likely N-dealkylation sites (tertiary alicyclic amines) is 1. The molecule has 1 amide bonds. The van der Waals surface area contributed by atoms with Gasteiger partial charge in [0.25, 0.3) is 5.91 Å². The normalized spacial score (nSPS) is 23.3. The molecule has 6 heterocycles. The molecule has 404 valence electrons. The van der Waals surface area contributed by atoms with Crippen molar-refractivity contribution in [3.05, 3.63) is 91.5 Å². The van der Waals surface area contributed by atoms with E-state index in [-0.39, 0.29) is 11.7 Å². The summed E-state index contributed by atoms with van der Waals surface area (Å²) in [4.78, 5) is 59.1. The topological polar surface area (TPSA) is 152 Å². The number of hydrogen-bond acceptors (Lipinski definition) is 11. The fraction of sp³-hybridized carbons (Fsp3) is 0.621. The molecule has 2 N–H and O–H groups in total. The van der Waals surface area contributed by atoms with E-state index in [0.717, 1.165) is 176 Å². The summed E-state index contributed by atoms with van der Waals surface area (Å²) in [6.45, 7) is 22.6. The van der Waals surface area contributed by atoms with Crippen LogP contribution < -0.4 is 15.1 Å². The highest BCUT2D eigenvalue weighted by molar-refractivity contribution is 6.32. The number of carbonyl (C=O) groups excluding carboxylic acids is 3. The second-order valence-electron chi connectivity index (χ2n) is 22.9. The number of carboxylic acids is 1. The number of rotatable bonds is 14. The molecule has 2 saturated carbocycles. The van der Waals surface area contributed by atoms with Gasteiger partial charge in [-0.3, -0.25) is 24.0 Å². The number of piperidine rings is 2. The van der Waals surface area contributed by atoms with Gasteiger partial charge in [0.1, 0.15) is 11.6 Å². The van der Waals surface area contributed by atoms with Crippen LogP contribution in [0.25, 0.3) is 0 Å². The van der Waals surface area contributed by atoms with Gasteiger partial charge in [-0.25, -0.2) is 4.79 Å². The molecule has 0 unspecified atom stereocenters. The lowest BCUT2D eigenvalue weighted by molar-refractivity contribution is -0.119. The number of hydrogen-bond donors (Lipinski definition) is 2. The number of halogens is 2. The molecule has 0 bridgehead atoms. The number of Topliss-reactive ketones (excluding diaryl/α,β-unsaturated/α-hetero) is 2. The minimum Gasteiger partial charge on any atom is -0.476 e. The summed E-state index contributed by atoms with van der Waals surface area (Å²) in [5.74, 6) is 3.29. The van der Waals surface area contributed by atoms with Crippen LogP contribution in [0, 0.1) is 37.5 Å². The Kier molecular flexibility index (Phi) is 16.7. The highest BCUT2D eigenvalue weighted by Gasteiger charge is 2.51. The Morgan fingerprint density at radius 1 is 0.600 bits per heavy atom. The van der Waals surface area contributed by atoms with E-state index in [9.17, 15) is 24.3 Å². The standard InChI is InChI=1S/C29H38ClN5O2.C21H25ClN4O2.C8H15NO/c1-19(36)16-21-6-8-34(9-7-21)29(37)28-27-23-17-22(23)18-26(27)35(31-28)15-12-32-10-13-33(14-11-32)25-5-3-4-24(30)20(25)2;1-13-16(22)3-2-4-17(13)25-8-5-24(6-9-25)7-10-26-18-12-14-11-15(14)19(18)20(23-26)21(27)28;1-7(10)6-8-2-4-9-5-3-8/h3-5,21-23H,6-18H2,1-2H3;2-4,14-15H,5-12H2,1H3,(H,27,28);8-9H,2-6H2,1H3/t22-,23-;14-,15-;/m11./s1. The Morgan fingerprint density at radius 3 is 1.49 bits per heavy atom. The summed E-state index contributed by atoms with van der Waals surface area (Å²) in [7, 11) is 0. The Bertz CT molecular complexity index is 2730. The largest absolute Gasteiger partial charge is 0.476 e. The maximum absolute atomic E-state index is 13.6. The third-order valence-corrected chi connectivity index (χ3v) is 18.6. The van der Waals surface area contributed by atoms with Crippen LogP contribution in [0.4, 0.5) is 11.4 Å². The van der Waals surface area contributed by atoms with E-state index in [1.807, 2.05) is 33.8 Å². The number of fused-ring (bicyclic) bond motifs is 6. The van der Waals surface area contributed by atoms with Crippen molar-refractivity contribution < 1.29 is 24.3 Å². The van der Waals surface area contributed by atoms with Crippen LogP contribution in [0.3, 0.4) is 0 Å². The van der Waals surface area contributed by atoms with E-state index in [4.69, 9.17) is 28.3 Å². The molecular weight excluding hydrogens is 988 g/mol. The van der Waals surface area contributed by atoms with Gasteiger partial charge < -0.3 is 34.7 Å². The molecule has 4 aliphatic carbocycles. The van der Waals surface area contributed by atoms with Crippen LogP contribution in [0.2, 0.25) is 10.0 Å². The van der Waals surface area contributed by atoms with Crippen molar-refractivity contribution >= 4 is 58.0 Å². The van der Waals surface area contributed by atoms with Gasteiger partial charge in [-0.15, -0.1) is 0 Å². The van der Waals surface area contributed by atoms with Crippen molar-refractivity contribution in [2.45, 2.75) is 117 Å². The summed E-state index contributed by atoms with van der Waals surface area (Å²) in [6.07, 6.45) is 10.1. The fourth-order valence-electron chi connectivity index (χ4n) is 13.2. The third kappa shape index (κ3) is 12.3. The Hall–Kier alpha value is -4.80. The predicted octanol–water partition coefficient (Wildman–Crippen LogP) is 8.15. The van der Waals surface area contributed by atoms with Crippen LogP contribution in [0.1, 0.15) is 132 Å². The molecule has 75 heavy (non-hydrogen) atoms. The highest BCUT2D eigenvalue weighted by atomic mass is 35.5. The Balaban J connectivity index is 0.000000148. The van der Waals surface area contributed by atoms with Gasteiger partial charge in [0, 0.05) is 135 Å². The summed E-state index contributed by atoms with van der Waals surface area (Å²) in [6, 6.07) is 12.3. The molecule has 6 fully saturated rings. The van der Waals surface area contributed by atoms with Gasteiger partial charge in [-0.1, -0.05) is 35.3 Å². The number of amides is 1. The van der Waals surface area contributed by atoms with E-state index in [1.54, 1.807) is 13.8 Å². The molecule has 2 aromatic carbocycles. The molecule has 2 aromatic heterocycles. The molecule has 4 aromatic rings. The summed E-state index contributed by atoms with van der Waals surface area (Å²) < 4.78 is 4.13. The van der Waals surface area contributed by atoms with Crippen molar-refractivity contribution in [1.82, 2.24) is 39.6 Å². The maximum Gasteiger partial charge on any atom is 0.356 e. The summed E-state index contributed by atoms with van der Waals surface area (Å²) in [5.41, 5.74) is 10.5. The Morgan fingerprint density at radius 2 is 1.04 bits per heavy atom. The quantitative estimate of drug-likeness (QED) is 0.125. The highest BCUT2D eigenvalue weighted by Crippen LogP contribution is 2.58. The van der Waals surface area contributed by atoms with Crippen LogP contribution in [-0.4, -0.2) is 154 Å². The van der Waals surface area contributed by atoms with Gasteiger partial charge >= 0.3 is 5.97 Å². The number of nitrogens with zero attached hydrogens (tertiary/aromatic N) is 9. The van der Waals surface area contributed by atoms with Gasteiger partial charge in [0.05, 0.1) is 13.1 Å². The summed E-state index contributed by atoms with van der Waals surface area (Å²) in [5, 5.41) is 23.8. The number of carbonyl (C=O) groups is 4. The fourth-order valence-corrected chi connectivity index (χ4v) is 13.6. The van der Waals surface area contributed by atoms with Gasteiger partial charge in [-0.05, 0) is 163 Å². The van der Waals surface area contributed by atoms with Crippen molar-refractivity contribution in [2.75, 3.05) is 101 Å². The number of aromatic nitrogens is 4. The number of carboxylic acid groups (broad SMARTS) is 1. The molecule has 4 atom stereocenters. The predicted molar refractivity (Wildman–Crippen MR) is 295 cm³/mol. The van der Waals surface area contributed by atoms with E-state index in [0.29, 0.717) is 53.2 Å². The lowest BCUT2D eigenvalue weighted by Gasteiger charge is -2.37. The average Bonchev–Trinajstić information content (AvgIpc) is 4.23. The number of nitrogens with one attached hydrogen (secondary N) is 1. The lowest BCUT2D eigenvalue weighted by Crippen LogP contribution is -2.47. The molecule has 12 rings (SSSR count).